The van der Waals surface area contributed by atoms with E-state index in [0.717, 1.165) is 15.5 Å². The van der Waals surface area contributed by atoms with E-state index in [0.29, 0.717) is 22.0 Å². The van der Waals surface area contributed by atoms with Crippen LogP contribution in [-0.2, 0) is 0 Å². The van der Waals surface area contributed by atoms with Crippen molar-refractivity contribution >= 4 is 47.0 Å². The molecule has 0 aliphatic carbocycles. The van der Waals surface area contributed by atoms with Crippen molar-refractivity contribution in [2.75, 3.05) is 12.0 Å². The molecule has 2 N–H and O–H groups in total. The summed E-state index contributed by atoms with van der Waals surface area (Å²) in [5.41, 5.74) is 4.67. The molecule has 6 nitrogen and oxygen atoms in total. The molecule has 0 radical (unpaired) electrons. The molecule has 1 aliphatic rings. The Labute approximate surface area is 176 Å². The van der Waals surface area contributed by atoms with Gasteiger partial charge in [0.15, 0.2) is 11.5 Å². The fourth-order valence-corrected chi connectivity index (χ4v) is 4.14. The van der Waals surface area contributed by atoms with E-state index in [4.69, 9.17) is 16.3 Å². The maximum Gasteiger partial charge on any atom is 0.346 e. The molecule has 3 aromatic carbocycles. The van der Waals surface area contributed by atoms with E-state index in [1.165, 1.54) is 19.4 Å². The molecule has 29 heavy (non-hydrogen) atoms. The van der Waals surface area contributed by atoms with Crippen LogP contribution in [0.5, 0.6) is 11.5 Å². The highest BCUT2D eigenvalue weighted by Gasteiger charge is 2.28. The summed E-state index contributed by atoms with van der Waals surface area (Å²) < 4.78 is 5.08. The first-order valence-corrected chi connectivity index (χ1v) is 9.83. The zero-order valence-corrected chi connectivity index (χ0v) is 16.9. The Morgan fingerprint density at radius 2 is 1.93 bits per heavy atom. The number of rotatable bonds is 3. The van der Waals surface area contributed by atoms with Gasteiger partial charge < -0.3 is 9.84 Å². The lowest BCUT2D eigenvalue weighted by Gasteiger charge is -2.30. The summed E-state index contributed by atoms with van der Waals surface area (Å²) in [5.74, 6) is 0.357. The predicted octanol–water partition coefficient (Wildman–Crippen LogP) is 5.40. The van der Waals surface area contributed by atoms with Gasteiger partial charge in [0.25, 0.3) is 0 Å². The van der Waals surface area contributed by atoms with Crippen LogP contribution >= 0.6 is 23.4 Å². The Balaban J connectivity index is 1.61. The Morgan fingerprint density at radius 3 is 2.76 bits per heavy atom. The van der Waals surface area contributed by atoms with E-state index in [-0.39, 0.29) is 5.75 Å². The van der Waals surface area contributed by atoms with E-state index in [1.54, 1.807) is 40.9 Å². The molecule has 1 heterocycles. The van der Waals surface area contributed by atoms with Gasteiger partial charge in [-0.3, -0.25) is 4.90 Å². The molecule has 0 unspecified atom stereocenters. The van der Waals surface area contributed by atoms with Gasteiger partial charge >= 0.3 is 6.03 Å². The molecule has 2 amide bonds. The Morgan fingerprint density at radius 1 is 1.14 bits per heavy atom. The van der Waals surface area contributed by atoms with Crippen LogP contribution in [0, 0.1) is 0 Å². The first kappa shape index (κ1) is 19.2. The Hall–Kier alpha value is -3.16. The number of nitrogens with zero attached hydrogens (tertiary/aromatic N) is 2. The Kier molecular flexibility index (Phi) is 5.33. The van der Waals surface area contributed by atoms with Crippen LogP contribution in [0.15, 0.2) is 75.6 Å². The van der Waals surface area contributed by atoms with Gasteiger partial charge in [-0.15, -0.1) is 0 Å². The van der Waals surface area contributed by atoms with Gasteiger partial charge in [-0.25, -0.2) is 10.2 Å². The van der Waals surface area contributed by atoms with Crippen molar-refractivity contribution < 1.29 is 14.6 Å². The summed E-state index contributed by atoms with van der Waals surface area (Å²) in [6, 6.07) is 17.5. The summed E-state index contributed by atoms with van der Waals surface area (Å²) in [5, 5.41) is 14.3. The average Bonchev–Trinajstić information content (AvgIpc) is 2.73. The maximum atomic E-state index is 13.0. The molecule has 0 fully saturated rings. The first-order chi connectivity index (χ1) is 14.1. The second kappa shape index (κ2) is 8.06. The number of phenolic OH excluding ortho intramolecular Hbond substituents is 1. The van der Waals surface area contributed by atoms with Crippen molar-refractivity contribution in [3.63, 3.8) is 0 Å². The minimum absolute atomic E-state index is 0.0320. The molecule has 8 heteroatoms. The minimum Gasteiger partial charge on any atom is -0.504 e. The molecule has 0 atom stereocenters. The molecule has 146 valence electrons. The maximum absolute atomic E-state index is 13.0. The number of hydrogen-bond donors (Lipinski definition) is 2. The van der Waals surface area contributed by atoms with E-state index in [1.807, 2.05) is 30.3 Å². The van der Waals surface area contributed by atoms with Gasteiger partial charge in [0.2, 0.25) is 0 Å². The second-order valence-corrected chi connectivity index (χ2v) is 7.64. The average molecular weight is 426 g/mol. The van der Waals surface area contributed by atoms with Crippen molar-refractivity contribution in [3.05, 3.63) is 71.2 Å². The first-order valence-electron chi connectivity index (χ1n) is 8.63. The number of phenols is 1. The van der Waals surface area contributed by atoms with Crippen LogP contribution in [0.25, 0.3) is 0 Å². The molecule has 0 saturated carbocycles. The minimum atomic E-state index is -0.414. The van der Waals surface area contributed by atoms with Gasteiger partial charge in [-0.1, -0.05) is 35.5 Å². The highest BCUT2D eigenvalue weighted by atomic mass is 35.5. The Bertz CT molecular complexity index is 1120. The smallest absolute Gasteiger partial charge is 0.346 e. The number of hydrogen-bond acceptors (Lipinski definition) is 5. The molecule has 1 aliphatic heterocycles. The number of para-hydroxylation sites is 1. The van der Waals surface area contributed by atoms with Crippen LogP contribution in [0.2, 0.25) is 5.02 Å². The molecule has 0 spiro atoms. The standard InChI is InChI=1S/C21H16ClN3O3S/c1-28-18-10-13(6-8-17(18)26)12-23-24-21(27)25-15-4-2-3-5-19(15)29-20-9-7-14(22)11-16(20)25/h2-12,26H,1H3,(H,24,27)/b23-12+. The number of urea groups is 1. The van der Waals surface area contributed by atoms with Crippen molar-refractivity contribution in [1.82, 2.24) is 5.43 Å². The van der Waals surface area contributed by atoms with Gasteiger partial charge in [0, 0.05) is 14.8 Å². The zero-order valence-electron chi connectivity index (χ0n) is 15.3. The quantitative estimate of drug-likeness (QED) is 0.435. The number of methoxy groups -OCH3 is 1. The topological polar surface area (TPSA) is 74.2 Å². The summed E-state index contributed by atoms with van der Waals surface area (Å²) in [6.07, 6.45) is 1.48. The van der Waals surface area contributed by atoms with Gasteiger partial charge in [-0.2, -0.15) is 5.10 Å². The molecular formula is C21H16ClN3O3S. The number of ether oxygens (including phenoxy) is 1. The summed E-state index contributed by atoms with van der Waals surface area (Å²) >= 11 is 7.75. The second-order valence-electron chi connectivity index (χ2n) is 6.12. The summed E-state index contributed by atoms with van der Waals surface area (Å²) in [7, 11) is 1.46. The van der Waals surface area contributed by atoms with Crippen molar-refractivity contribution in [2.24, 2.45) is 5.10 Å². The summed E-state index contributed by atoms with van der Waals surface area (Å²) in [6.45, 7) is 0. The number of benzene rings is 3. The van der Waals surface area contributed by atoms with Crippen LogP contribution < -0.4 is 15.1 Å². The lowest BCUT2D eigenvalue weighted by molar-refractivity contribution is 0.249. The van der Waals surface area contributed by atoms with Crippen molar-refractivity contribution in [1.29, 1.82) is 0 Å². The van der Waals surface area contributed by atoms with E-state index in [2.05, 4.69) is 10.5 Å². The molecular weight excluding hydrogens is 410 g/mol. The molecule has 0 bridgehead atoms. The fraction of sp³-hybridized carbons (Fsp3) is 0.0476. The third-order valence-corrected chi connectivity index (χ3v) is 5.63. The van der Waals surface area contributed by atoms with Gasteiger partial charge in [-0.05, 0) is 54.1 Å². The third kappa shape index (κ3) is 3.87. The molecule has 4 rings (SSSR count). The number of hydrazone groups is 1. The van der Waals surface area contributed by atoms with Crippen molar-refractivity contribution in [3.8, 4) is 11.5 Å². The van der Waals surface area contributed by atoms with Crippen LogP contribution in [0.1, 0.15) is 5.56 Å². The normalized spacial score (nSPS) is 12.4. The van der Waals surface area contributed by atoms with Crippen molar-refractivity contribution in [2.45, 2.75) is 9.79 Å². The van der Waals surface area contributed by atoms with Crippen LogP contribution in [0.3, 0.4) is 0 Å². The van der Waals surface area contributed by atoms with E-state index >= 15 is 0 Å². The summed E-state index contributed by atoms with van der Waals surface area (Å²) in [4.78, 5) is 16.4. The highest BCUT2D eigenvalue weighted by molar-refractivity contribution is 7.99. The SMILES string of the molecule is COc1cc(/C=N/NC(=O)N2c3ccccc3Sc3ccc(Cl)cc32)ccc1O. The lowest BCUT2D eigenvalue weighted by atomic mass is 10.2. The van der Waals surface area contributed by atoms with Crippen LogP contribution in [0.4, 0.5) is 16.2 Å². The number of halogens is 1. The van der Waals surface area contributed by atoms with E-state index in [9.17, 15) is 9.90 Å². The lowest BCUT2D eigenvalue weighted by Crippen LogP contribution is -2.35. The number of fused-ring (bicyclic) bond motifs is 2. The molecule has 3 aromatic rings. The number of carbonyl (C=O) groups is 1. The predicted molar refractivity (Wildman–Crippen MR) is 115 cm³/mol. The van der Waals surface area contributed by atoms with Gasteiger partial charge in [0.1, 0.15) is 0 Å². The molecule has 0 aromatic heterocycles. The number of anilines is 2. The monoisotopic (exact) mass is 425 g/mol. The third-order valence-electron chi connectivity index (χ3n) is 4.27. The van der Waals surface area contributed by atoms with Crippen LogP contribution in [-0.4, -0.2) is 24.5 Å². The molecule has 0 saturated heterocycles. The van der Waals surface area contributed by atoms with E-state index < -0.39 is 6.03 Å². The fourth-order valence-electron chi connectivity index (χ4n) is 2.93. The number of aromatic hydroxyl groups is 1. The largest absolute Gasteiger partial charge is 0.504 e. The number of nitrogens with one attached hydrogen (secondary N) is 1. The number of amides is 2. The van der Waals surface area contributed by atoms with Gasteiger partial charge in [0.05, 0.1) is 24.7 Å². The zero-order chi connectivity index (χ0) is 20.4. The number of carbonyl (C=O) groups excluding carboxylic acids is 1. The highest BCUT2D eigenvalue weighted by Crippen LogP contribution is 2.48.